The largest absolute Gasteiger partial charge is 0.444 e. The smallest absolute Gasteiger partial charge is 0.407 e. The van der Waals surface area contributed by atoms with Crippen LogP contribution in [0.4, 0.5) is 4.79 Å². The molecule has 0 atom stereocenters. The standard InChI is InChI=1S/C20H30N4O3/c1-20(2,3)27-19(25)21-9-8-18-22-16-6-4-5-7-17(16)24(18)11-10-23-12-14-26-15-13-23/h4-7H,8-15H2,1-3H3,(H,21,25). The number of morpholine rings is 1. The van der Waals surface area contributed by atoms with Crippen LogP contribution >= 0.6 is 0 Å². The van der Waals surface area contributed by atoms with Gasteiger partial charge in [-0.3, -0.25) is 4.90 Å². The van der Waals surface area contributed by atoms with E-state index < -0.39 is 11.7 Å². The van der Waals surface area contributed by atoms with Crippen molar-refractivity contribution in [1.29, 1.82) is 0 Å². The van der Waals surface area contributed by atoms with Gasteiger partial charge in [0.05, 0.1) is 24.2 Å². The van der Waals surface area contributed by atoms with Crippen LogP contribution in [0.2, 0.25) is 0 Å². The number of carbonyl (C=O) groups is 1. The minimum atomic E-state index is -0.491. The number of aromatic nitrogens is 2. The number of para-hydroxylation sites is 2. The van der Waals surface area contributed by atoms with Gasteiger partial charge in [-0.1, -0.05) is 12.1 Å². The Balaban J connectivity index is 1.64. The summed E-state index contributed by atoms with van der Waals surface area (Å²) < 4.78 is 13.0. The van der Waals surface area contributed by atoms with E-state index in [-0.39, 0.29) is 0 Å². The number of benzene rings is 1. The number of alkyl carbamates (subject to hydrolysis) is 1. The minimum absolute atomic E-state index is 0.390. The van der Waals surface area contributed by atoms with E-state index in [0.717, 1.165) is 56.3 Å². The molecule has 3 rings (SSSR count). The van der Waals surface area contributed by atoms with E-state index in [1.165, 1.54) is 0 Å². The first-order valence-corrected chi connectivity index (χ1v) is 9.63. The molecular formula is C20H30N4O3. The number of nitrogens with zero attached hydrogens (tertiary/aromatic N) is 3. The highest BCUT2D eigenvalue weighted by Crippen LogP contribution is 2.17. The topological polar surface area (TPSA) is 68.6 Å². The van der Waals surface area contributed by atoms with Gasteiger partial charge in [-0.05, 0) is 32.9 Å². The monoisotopic (exact) mass is 374 g/mol. The fourth-order valence-electron chi connectivity index (χ4n) is 3.22. The molecule has 0 bridgehead atoms. The average Bonchev–Trinajstić information content (AvgIpc) is 2.97. The van der Waals surface area contributed by atoms with Gasteiger partial charge in [0.2, 0.25) is 0 Å². The number of rotatable bonds is 6. The molecule has 1 aromatic heterocycles. The highest BCUT2D eigenvalue weighted by atomic mass is 16.6. The zero-order valence-corrected chi connectivity index (χ0v) is 16.5. The highest BCUT2D eigenvalue weighted by molar-refractivity contribution is 5.76. The maximum Gasteiger partial charge on any atom is 0.407 e. The molecule has 1 N–H and O–H groups in total. The molecule has 27 heavy (non-hydrogen) atoms. The van der Waals surface area contributed by atoms with E-state index in [9.17, 15) is 4.79 Å². The molecule has 1 saturated heterocycles. The molecule has 0 saturated carbocycles. The maximum atomic E-state index is 11.9. The second kappa shape index (κ2) is 8.71. The third-order valence-corrected chi connectivity index (χ3v) is 4.49. The van der Waals surface area contributed by atoms with Gasteiger partial charge < -0.3 is 19.4 Å². The summed E-state index contributed by atoms with van der Waals surface area (Å²) in [7, 11) is 0. The quantitative estimate of drug-likeness (QED) is 0.841. The van der Waals surface area contributed by atoms with Crippen LogP contribution in [0, 0.1) is 0 Å². The third-order valence-electron chi connectivity index (χ3n) is 4.49. The van der Waals surface area contributed by atoms with Crippen molar-refractivity contribution in [3.63, 3.8) is 0 Å². The summed E-state index contributed by atoms with van der Waals surface area (Å²) in [5, 5.41) is 2.82. The van der Waals surface area contributed by atoms with Crippen LogP contribution < -0.4 is 5.32 Å². The van der Waals surface area contributed by atoms with Crippen LogP contribution in [-0.4, -0.2) is 65.5 Å². The number of ether oxygens (including phenoxy) is 2. The number of nitrogens with one attached hydrogen (secondary N) is 1. The molecule has 0 aliphatic carbocycles. The molecule has 148 valence electrons. The number of hydrogen-bond donors (Lipinski definition) is 1. The molecule has 7 nitrogen and oxygen atoms in total. The fourth-order valence-corrected chi connectivity index (χ4v) is 3.22. The summed E-state index contributed by atoms with van der Waals surface area (Å²) in [6.07, 6.45) is 0.273. The molecule has 0 radical (unpaired) electrons. The Hall–Kier alpha value is -2.12. The van der Waals surface area contributed by atoms with Gasteiger partial charge in [0.25, 0.3) is 0 Å². The molecule has 1 amide bonds. The molecule has 2 heterocycles. The van der Waals surface area contributed by atoms with Crippen molar-refractivity contribution in [1.82, 2.24) is 19.8 Å². The average molecular weight is 374 g/mol. The van der Waals surface area contributed by atoms with Gasteiger partial charge in [0.15, 0.2) is 0 Å². The van der Waals surface area contributed by atoms with E-state index >= 15 is 0 Å². The van der Waals surface area contributed by atoms with Crippen molar-refractivity contribution in [2.75, 3.05) is 39.4 Å². The molecule has 1 fully saturated rings. The lowest BCUT2D eigenvalue weighted by molar-refractivity contribution is 0.0364. The number of fused-ring (bicyclic) bond motifs is 1. The van der Waals surface area contributed by atoms with E-state index in [4.69, 9.17) is 14.5 Å². The molecule has 1 aliphatic heterocycles. The molecule has 0 spiro atoms. The normalized spacial score (nSPS) is 15.8. The van der Waals surface area contributed by atoms with Gasteiger partial charge in [-0.2, -0.15) is 0 Å². The highest BCUT2D eigenvalue weighted by Gasteiger charge is 2.17. The number of hydrogen-bond acceptors (Lipinski definition) is 5. The summed E-state index contributed by atoms with van der Waals surface area (Å²) in [5.74, 6) is 0.987. The first kappa shape index (κ1) is 19.6. The lowest BCUT2D eigenvalue weighted by Crippen LogP contribution is -2.38. The van der Waals surface area contributed by atoms with Gasteiger partial charge in [-0.15, -0.1) is 0 Å². The summed E-state index contributed by atoms with van der Waals surface area (Å²) in [6.45, 7) is 11.5. The zero-order chi connectivity index (χ0) is 19.3. The van der Waals surface area contributed by atoms with E-state index in [0.29, 0.717) is 13.0 Å². The Labute approximate surface area is 160 Å². The van der Waals surface area contributed by atoms with Crippen molar-refractivity contribution in [3.05, 3.63) is 30.1 Å². The minimum Gasteiger partial charge on any atom is -0.444 e. The zero-order valence-electron chi connectivity index (χ0n) is 16.5. The lowest BCUT2D eigenvalue weighted by Gasteiger charge is -2.27. The summed E-state index contributed by atoms with van der Waals surface area (Å²) in [4.78, 5) is 19.1. The third kappa shape index (κ3) is 5.68. The second-order valence-corrected chi connectivity index (χ2v) is 7.80. The molecule has 1 aromatic carbocycles. The van der Waals surface area contributed by atoms with Crippen molar-refractivity contribution in [2.24, 2.45) is 0 Å². The van der Waals surface area contributed by atoms with Crippen LogP contribution in [0.1, 0.15) is 26.6 Å². The Morgan fingerprint density at radius 2 is 1.96 bits per heavy atom. The SMILES string of the molecule is CC(C)(C)OC(=O)NCCc1nc2ccccc2n1CCN1CCOCC1. The Morgan fingerprint density at radius 3 is 2.70 bits per heavy atom. The van der Waals surface area contributed by atoms with Crippen LogP contribution in [0.3, 0.4) is 0 Å². The molecule has 7 heteroatoms. The van der Waals surface area contributed by atoms with Crippen LogP contribution in [-0.2, 0) is 22.4 Å². The first-order chi connectivity index (χ1) is 12.9. The van der Waals surface area contributed by atoms with E-state index in [1.54, 1.807) is 0 Å². The number of carbonyl (C=O) groups excluding carboxylic acids is 1. The summed E-state index contributed by atoms with van der Waals surface area (Å²) >= 11 is 0. The van der Waals surface area contributed by atoms with Crippen LogP contribution in [0.15, 0.2) is 24.3 Å². The second-order valence-electron chi connectivity index (χ2n) is 7.80. The predicted molar refractivity (Wildman–Crippen MR) is 105 cm³/mol. The van der Waals surface area contributed by atoms with Crippen molar-refractivity contribution in [3.8, 4) is 0 Å². The van der Waals surface area contributed by atoms with Gasteiger partial charge >= 0.3 is 6.09 Å². The maximum absolute atomic E-state index is 11.9. The number of amides is 1. The van der Waals surface area contributed by atoms with Crippen LogP contribution in [0.25, 0.3) is 11.0 Å². The van der Waals surface area contributed by atoms with Gasteiger partial charge in [0, 0.05) is 39.1 Å². The van der Waals surface area contributed by atoms with Crippen LogP contribution in [0.5, 0.6) is 0 Å². The molecule has 1 aliphatic rings. The summed E-state index contributed by atoms with van der Waals surface area (Å²) in [6, 6.07) is 8.18. The van der Waals surface area contributed by atoms with E-state index in [1.807, 2.05) is 39.0 Å². The van der Waals surface area contributed by atoms with Crippen molar-refractivity contribution in [2.45, 2.75) is 39.3 Å². The van der Waals surface area contributed by atoms with E-state index in [2.05, 4.69) is 20.9 Å². The molecule has 2 aromatic rings. The lowest BCUT2D eigenvalue weighted by atomic mass is 10.2. The van der Waals surface area contributed by atoms with Gasteiger partial charge in [-0.25, -0.2) is 9.78 Å². The Bertz CT molecular complexity index is 760. The Morgan fingerprint density at radius 1 is 1.22 bits per heavy atom. The number of imidazole rings is 1. The fraction of sp³-hybridized carbons (Fsp3) is 0.600. The van der Waals surface area contributed by atoms with Crippen molar-refractivity contribution < 1.29 is 14.3 Å². The summed E-state index contributed by atoms with van der Waals surface area (Å²) in [5.41, 5.74) is 1.64. The molecular weight excluding hydrogens is 344 g/mol. The van der Waals surface area contributed by atoms with Crippen molar-refractivity contribution >= 4 is 17.1 Å². The molecule has 0 unspecified atom stereocenters. The first-order valence-electron chi connectivity index (χ1n) is 9.63. The van der Waals surface area contributed by atoms with Gasteiger partial charge in [0.1, 0.15) is 11.4 Å². The Kier molecular flexibility index (Phi) is 6.34. The predicted octanol–water partition coefficient (Wildman–Crippen LogP) is 2.44.